The van der Waals surface area contributed by atoms with Crippen molar-refractivity contribution in [2.24, 2.45) is 0 Å². The van der Waals surface area contributed by atoms with Crippen LogP contribution in [0.1, 0.15) is 0 Å². The summed E-state index contributed by atoms with van der Waals surface area (Å²) in [4.78, 5) is 18.3. The fraction of sp³-hybridized carbons (Fsp3) is 0. The van der Waals surface area contributed by atoms with E-state index in [4.69, 9.17) is 19.8 Å². The van der Waals surface area contributed by atoms with Gasteiger partial charge in [0.1, 0.15) is 0 Å². The van der Waals surface area contributed by atoms with Gasteiger partial charge in [-0.2, -0.15) is 0 Å². The molecule has 0 atom stereocenters. The molecule has 0 amide bonds. The molecule has 0 unspecified atom stereocenters. The number of carbonyl (C=O) groups is 2. The van der Waals surface area contributed by atoms with E-state index in [9.17, 15) is 0 Å². The van der Waals surface area contributed by atoms with Gasteiger partial charge in [-0.15, -0.1) is 0 Å². The van der Waals surface area contributed by atoms with Gasteiger partial charge in [0.25, 0.3) is 0 Å². The van der Waals surface area contributed by atoms with Gasteiger partial charge >= 0.3 is 23.1 Å². The molecule has 0 aliphatic rings. The van der Waals surface area contributed by atoms with Crippen LogP contribution < -0.4 is 10.2 Å². The van der Waals surface area contributed by atoms with Crippen LogP contribution in [0, 0.1) is 0 Å². The van der Waals surface area contributed by atoms with Crippen molar-refractivity contribution >= 4 is 35.0 Å². The van der Waals surface area contributed by atoms with Crippen molar-refractivity contribution in [3.63, 3.8) is 0 Å². The van der Waals surface area contributed by atoms with E-state index in [1.165, 1.54) is 0 Å². The summed E-state index contributed by atoms with van der Waals surface area (Å²) in [7, 11) is 0. The molecule has 6 heteroatoms. The number of rotatable bonds is 2. The van der Waals surface area contributed by atoms with Crippen LogP contribution in [0.4, 0.5) is 0 Å². The molecule has 64 valence electrons. The smallest absolute Gasteiger partial charge is 0.545 e. The third-order valence-corrected chi connectivity index (χ3v) is 0.333. The summed E-state index contributed by atoms with van der Waals surface area (Å²) in [5.74, 6) is -2.46. The van der Waals surface area contributed by atoms with E-state index in [0.29, 0.717) is 0 Å². The van der Waals surface area contributed by atoms with Crippen LogP contribution in [0.15, 0.2) is 25.3 Å². The molecule has 0 aromatic carbocycles. The van der Waals surface area contributed by atoms with E-state index in [-0.39, 0.29) is 28.5 Å². The topological polar surface area (TPSA) is 112 Å². The van der Waals surface area contributed by atoms with Gasteiger partial charge in [0.05, 0.1) is 11.9 Å². The zero-order valence-electron chi connectivity index (χ0n) is 6.41. The third kappa shape index (κ3) is 61.3. The molecule has 0 saturated carbocycles. The minimum absolute atomic E-state index is 0. The number of hydrogen-bond acceptors (Lipinski definition) is 4. The molecule has 0 aromatic heterocycles. The third-order valence-electron chi connectivity index (χ3n) is 0.333. The van der Waals surface area contributed by atoms with Crippen LogP contribution in [0.25, 0.3) is 0 Å². The van der Waals surface area contributed by atoms with Crippen LogP contribution in [0.2, 0.25) is 0 Å². The van der Waals surface area contributed by atoms with Crippen LogP contribution in [0.3, 0.4) is 0 Å². The molecule has 0 aliphatic heterocycles. The van der Waals surface area contributed by atoms with Gasteiger partial charge in [0.2, 0.25) is 0 Å². The molecule has 0 aromatic rings. The SMILES string of the molecule is C=CC(=O)[O-].C=CC(=O)[O-].O.[Mg+2]. The first-order chi connectivity index (χ1) is 4.54. The monoisotopic (exact) mass is 184 g/mol. The van der Waals surface area contributed by atoms with Crippen molar-refractivity contribution in [3.8, 4) is 0 Å². The Morgan fingerprint density at radius 2 is 1.08 bits per heavy atom. The maximum Gasteiger partial charge on any atom is 2.00 e. The van der Waals surface area contributed by atoms with Gasteiger partial charge in [-0.1, -0.05) is 13.2 Å². The largest absolute Gasteiger partial charge is 2.00 e. The molecule has 12 heavy (non-hydrogen) atoms. The quantitative estimate of drug-likeness (QED) is 0.329. The fourth-order valence-electron chi connectivity index (χ4n) is 0. The van der Waals surface area contributed by atoms with Gasteiger partial charge in [-0.25, -0.2) is 0 Å². The minimum atomic E-state index is -1.23. The molecule has 5 nitrogen and oxygen atoms in total. The first kappa shape index (κ1) is 22.5. The Labute approximate surface area is 85.9 Å². The van der Waals surface area contributed by atoms with Crippen molar-refractivity contribution in [1.82, 2.24) is 0 Å². The molecule has 0 fully saturated rings. The second-order valence-electron chi connectivity index (χ2n) is 1.05. The Morgan fingerprint density at radius 1 is 1.00 bits per heavy atom. The van der Waals surface area contributed by atoms with Gasteiger partial charge in [-0.3, -0.25) is 0 Å². The second kappa shape index (κ2) is 16.6. The molecule has 0 saturated heterocycles. The van der Waals surface area contributed by atoms with Crippen molar-refractivity contribution in [2.45, 2.75) is 0 Å². The predicted molar refractivity (Wildman–Crippen MR) is 39.8 cm³/mol. The summed E-state index contributed by atoms with van der Waals surface area (Å²) in [6.07, 6.45) is 1.44. The average Bonchev–Trinajstić information content (AvgIpc) is 1.89. The van der Waals surface area contributed by atoms with Gasteiger partial charge in [0, 0.05) is 0 Å². The Balaban J connectivity index is -0.0000000457. The minimum Gasteiger partial charge on any atom is -0.545 e. The molecular formula is C6H8MgO5. The number of hydrogen-bond donors (Lipinski definition) is 0. The zero-order chi connectivity index (χ0) is 8.57. The maximum atomic E-state index is 9.14. The van der Waals surface area contributed by atoms with Crippen molar-refractivity contribution in [1.29, 1.82) is 0 Å². The number of carbonyl (C=O) groups excluding carboxylic acids is 2. The van der Waals surface area contributed by atoms with E-state index in [1.807, 2.05) is 0 Å². The molecular weight excluding hydrogens is 176 g/mol. The van der Waals surface area contributed by atoms with Gasteiger partial charge in [-0.05, 0) is 12.2 Å². The van der Waals surface area contributed by atoms with E-state index < -0.39 is 11.9 Å². The van der Waals surface area contributed by atoms with Gasteiger partial charge in [0.15, 0.2) is 0 Å². The summed E-state index contributed by atoms with van der Waals surface area (Å²) >= 11 is 0. The van der Waals surface area contributed by atoms with Crippen LogP contribution in [-0.2, 0) is 9.59 Å². The number of aliphatic carboxylic acids is 2. The summed E-state index contributed by atoms with van der Waals surface area (Å²) in [5.41, 5.74) is 0. The fourth-order valence-corrected chi connectivity index (χ4v) is 0. The normalized spacial score (nSPS) is 5.33. The molecule has 0 spiro atoms. The van der Waals surface area contributed by atoms with Crippen molar-refractivity contribution in [2.75, 3.05) is 0 Å². The first-order valence-electron chi connectivity index (χ1n) is 2.21. The number of carboxylic acid groups (broad SMARTS) is 2. The zero-order valence-corrected chi connectivity index (χ0v) is 7.82. The summed E-state index contributed by atoms with van der Waals surface area (Å²) in [6.45, 7) is 5.80. The molecule has 0 aliphatic carbocycles. The standard InChI is InChI=1S/2C3H4O2.Mg.H2O/c2*1-2-3(4)5;;/h2*2H,1H2,(H,4,5);;1H2/q;;+2;/p-2. The summed E-state index contributed by atoms with van der Waals surface area (Å²) in [5, 5.41) is 18.3. The molecule has 0 bridgehead atoms. The van der Waals surface area contributed by atoms with E-state index in [0.717, 1.165) is 12.2 Å². The van der Waals surface area contributed by atoms with E-state index in [1.54, 1.807) is 0 Å². The molecule has 2 N–H and O–H groups in total. The van der Waals surface area contributed by atoms with E-state index >= 15 is 0 Å². The van der Waals surface area contributed by atoms with Crippen LogP contribution in [-0.4, -0.2) is 40.5 Å². The molecule has 0 radical (unpaired) electrons. The average molecular weight is 184 g/mol. The molecule has 0 heterocycles. The van der Waals surface area contributed by atoms with Gasteiger partial charge < -0.3 is 25.3 Å². The van der Waals surface area contributed by atoms with Crippen molar-refractivity contribution in [3.05, 3.63) is 25.3 Å². The van der Waals surface area contributed by atoms with Crippen LogP contribution in [0.5, 0.6) is 0 Å². The summed E-state index contributed by atoms with van der Waals surface area (Å²) in [6, 6.07) is 0. The first-order valence-corrected chi connectivity index (χ1v) is 2.21. The van der Waals surface area contributed by atoms with Crippen molar-refractivity contribution < 1.29 is 25.3 Å². The van der Waals surface area contributed by atoms with Crippen LogP contribution >= 0.6 is 0 Å². The van der Waals surface area contributed by atoms with E-state index in [2.05, 4.69) is 13.2 Å². The Bertz CT molecular complexity index is 136. The number of carboxylic acids is 2. The molecule has 0 rings (SSSR count). The maximum absolute atomic E-state index is 9.14. The Hall–Kier alpha value is -0.854. The summed E-state index contributed by atoms with van der Waals surface area (Å²) < 4.78 is 0. The Kier molecular flexibility index (Phi) is 31.1. The second-order valence-corrected chi connectivity index (χ2v) is 1.05. The predicted octanol–water partition coefficient (Wildman–Crippen LogP) is -3.36. The Morgan fingerprint density at radius 3 is 1.08 bits per heavy atom.